The standard InChI is InChI=1S/C44H25N3O2/c1-2-12-26(13-3-1)39-43-40(33-18-8-11-21-36(33)49-43)46-44(45-39)27-22-24-28(25-23-27)47-34-19-9-6-16-31(34)37-29-14-4-5-15-30(29)38-32-17-7-10-20-35(32)48-42(38)41(37)47/h1-25H. The highest BCUT2D eigenvalue weighted by atomic mass is 16.3. The lowest BCUT2D eigenvalue weighted by atomic mass is 9.99. The average Bonchev–Trinajstić information content (AvgIpc) is 3.85. The van der Waals surface area contributed by atoms with Crippen LogP contribution in [0.2, 0.25) is 0 Å². The number of fused-ring (bicyclic) bond motifs is 13. The molecule has 0 radical (unpaired) electrons. The maximum atomic E-state index is 6.73. The number of hydrogen-bond acceptors (Lipinski definition) is 4. The van der Waals surface area contributed by atoms with Crippen molar-refractivity contribution in [2.24, 2.45) is 0 Å². The summed E-state index contributed by atoms with van der Waals surface area (Å²) in [6.07, 6.45) is 0. The summed E-state index contributed by atoms with van der Waals surface area (Å²) in [6.45, 7) is 0. The van der Waals surface area contributed by atoms with Gasteiger partial charge in [0, 0.05) is 43.7 Å². The quantitative estimate of drug-likeness (QED) is 0.196. The van der Waals surface area contributed by atoms with Gasteiger partial charge in [-0.25, -0.2) is 9.97 Å². The van der Waals surface area contributed by atoms with Gasteiger partial charge in [-0.15, -0.1) is 0 Å². The van der Waals surface area contributed by atoms with Crippen molar-refractivity contribution in [1.29, 1.82) is 0 Å². The lowest BCUT2D eigenvalue weighted by molar-refractivity contribution is 0.667. The molecular formula is C44H25N3O2. The number of benzene rings is 7. The van der Waals surface area contributed by atoms with Gasteiger partial charge < -0.3 is 13.4 Å². The maximum Gasteiger partial charge on any atom is 0.180 e. The molecule has 0 spiro atoms. The molecule has 4 aromatic heterocycles. The van der Waals surface area contributed by atoms with Gasteiger partial charge in [0.25, 0.3) is 0 Å². The minimum absolute atomic E-state index is 0.650. The van der Waals surface area contributed by atoms with Crippen molar-refractivity contribution in [3.63, 3.8) is 0 Å². The zero-order chi connectivity index (χ0) is 32.1. The second-order valence-electron chi connectivity index (χ2n) is 12.5. The summed E-state index contributed by atoms with van der Waals surface area (Å²) in [5.41, 5.74) is 9.99. The largest absolute Gasteiger partial charge is 0.454 e. The van der Waals surface area contributed by atoms with E-state index in [0.29, 0.717) is 11.4 Å². The molecule has 5 heteroatoms. The lowest BCUT2D eigenvalue weighted by Gasteiger charge is -2.11. The molecule has 228 valence electrons. The van der Waals surface area contributed by atoms with Crippen LogP contribution in [0.5, 0.6) is 0 Å². The second-order valence-corrected chi connectivity index (χ2v) is 12.5. The Bertz CT molecular complexity index is 3090. The van der Waals surface area contributed by atoms with E-state index in [1.54, 1.807) is 0 Å². The van der Waals surface area contributed by atoms with Crippen LogP contribution in [0.4, 0.5) is 0 Å². The summed E-state index contributed by atoms with van der Waals surface area (Å²) < 4.78 is 15.4. The SMILES string of the molecule is c1ccc(-c2nc(-c3ccc(-n4c5ccccc5c5c6ccccc6c6c7ccccc7oc6c54)cc3)nc3c2oc2ccccc23)cc1. The zero-order valence-corrected chi connectivity index (χ0v) is 26.1. The van der Waals surface area contributed by atoms with E-state index >= 15 is 0 Å². The van der Waals surface area contributed by atoms with E-state index in [1.165, 1.54) is 21.5 Å². The number of hydrogen-bond donors (Lipinski definition) is 0. The summed E-state index contributed by atoms with van der Waals surface area (Å²) in [6, 6.07) is 52.4. The molecule has 7 aromatic carbocycles. The summed E-state index contributed by atoms with van der Waals surface area (Å²) in [7, 11) is 0. The van der Waals surface area contributed by atoms with Crippen LogP contribution >= 0.6 is 0 Å². The third-order valence-corrected chi connectivity index (χ3v) is 9.80. The van der Waals surface area contributed by atoms with Crippen molar-refractivity contribution in [1.82, 2.24) is 14.5 Å². The Morgan fingerprint density at radius 3 is 1.80 bits per heavy atom. The van der Waals surface area contributed by atoms with Gasteiger partial charge in [-0.1, -0.05) is 103 Å². The Morgan fingerprint density at radius 1 is 0.429 bits per heavy atom. The highest BCUT2D eigenvalue weighted by Crippen LogP contribution is 2.45. The third-order valence-electron chi connectivity index (χ3n) is 9.80. The minimum atomic E-state index is 0.650. The topological polar surface area (TPSA) is 57.0 Å². The van der Waals surface area contributed by atoms with Crippen molar-refractivity contribution >= 4 is 76.6 Å². The van der Waals surface area contributed by atoms with Crippen LogP contribution in [0.25, 0.3) is 105 Å². The number of furan rings is 2. The predicted octanol–water partition coefficient (Wildman–Crippen LogP) is 11.9. The van der Waals surface area contributed by atoms with Crippen molar-refractivity contribution in [3.8, 4) is 28.3 Å². The van der Waals surface area contributed by atoms with E-state index in [9.17, 15) is 0 Å². The normalized spacial score (nSPS) is 12.1. The van der Waals surface area contributed by atoms with Gasteiger partial charge in [-0.05, 0) is 59.3 Å². The molecule has 11 rings (SSSR count). The van der Waals surface area contributed by atoms with Gasteiger partial charge in [-0.2, -0.15) is 0 Å². The number of nitrogens with zero attached hydrogens (tertiary/aromatic N) is 3. The van der Waals surface area contributed by atoms with Crippen molar-refractivity contribution < 1.29 is 8.83 Å². The van der Waals surface area contributed by atoms with Gasteiger partial charge in [0.15, 0.2) is 17.0 Å². The molecule has 0 amide bonds. The van der Waals surface area contributed by atoms with E-state index < -0.39 is 0 Å². The van der Waals surface area contributed by atoms with E-state index in [1.807, 2.05) is 42.5 Å². The number of aromatic nitrogens is 3. The van der Waals surface area contributed by atoms with Gasteiger partial charge in [0.1, 0.15) is 22.4 Å². The van der Waals surface area contributed by atoms with E-state index in [0.717, 1.165) is 72.0 Å². The van der Waals surface area contributed by atoms with Crippen LogP contribution in [0.15, 0.2) is 160 Å². The van der Waals surface area contributed by atoms with Crippen LogP contribution in [-0.2, 0) is 0 Å². The summed E-state index contributed by atoms with van der Waals surface area (Å²) in [5, 5.41) is 8.02. The summed E-state index contributed by atoms with van der Waals surface area (Å²) >= 11 is 0. The lowest BCUT2D eigenvalue weighted by Crippen LogP contribution is -1.96. The first-order valence-electron chi connectivity index (χ1n) is 16.4. The smallest absolute Gasteiger partial charge is 0.180 e. The van der Waals surface area contributed by atoms with E-state index in [2.05, 4.69) is 114 Å². The van der Waals surface area contributed by atoms with Gasteiger partial charge >= 0.3 is 0 Å². The maximum absolute atomic E-state index is 6.73. The Labute approximate surface area is 279 Å². The number of para-hydroxylation sites is 3. The monoisotopic (exact) mass is 627 g/mol. The molecule has 0 aliphatic heterocycles. The predicted molar refractivity (Wildman–Crippen MR) is 199 cm³/mol. The molecule has 0 unspecified atom stereocenters. The highest BCUT2D eigenvalue weighted by molar-refractivity contribution is 6.35. The molecule has 0 fully saturated rings. The number of rotatable bonds is 3. The average molecular weight is 628 g/mol. The molecule has 11 aromatic rings. The third kappa shape index (κ3) is 3.70. The highest BCUT2D eigenvalue weighted by Gasteiger charge is 2.23. The Morgan fingerprint density at radius 2 is 1.02 bits per heavy atom. The molecule has 0 saturated heterocycles. The fourth-order valence-corrected chi connectivity index (χ4v) is 7.67. The molecule has 4 heterocycles. The van der Waals surface area contributed by atoms with E-state index in [4.69, 9.17) is 18.8 Å². The molecule has 0 atom stereocenters. The van der Waals surface area contributed by atoms with Crippen LogP contribution in [-0.4, -0.2) is 14.5 Å². The van der Waals surface area contributed by atoms with Crippen molar-refractivity contribution in [2.45, 2.75) is 0 Å². The molecule has 49 heavy (non-hydrogen) atoms. The first kappa shape index (κ1) is 26.4. The zero-order valence-electron chi connectivity index (χ0n) is 26.1. The van der Waals surface area contributed by atoms with Crippen LogP contribution in [0.1, 0.15) is 0 Å². The summed E-state index contributed by atoms with van der Waals surface area (Å²) in [5.74, 6) is 0.650. The first-order chi connectivity index (χ1) is 24.3. The van der Waals surface area contributed by atoms with Crippen molar-refractivity contribution in [3.05, 3.63) is 152 Å². The Kier molecular flexibility index (Phi) is 5.32. The van der Waals surface area contributed by atoms with Crippen LogP contribution in [0.3, 0.4) is 0 Å². The second kappa shape index (κ2) is 9.89. The van der Waals surface area contributed by atoms with Gasteiger partial charge in [0.2, 0.25) is 0 Å². The van der Waals surface area contributed by atoms with E-state index in [-0.39, 0.29) is 0 Å². The molecule has 0 N–H and O–H groups in total. The van der Waals surface area contributed by atoms with Gasteiger partial charge in [-0.3, -0.25) is 0 Å². The molecule has 0 aliphatic carbocycles. The Hall–Kier alpha value is -6.72. The van der Waals surface area contributed by atoms with Crippen LogP contribution < -0.4 is 0 Å². The fourth-order valence-electron chi connectivity index (χ4n) is 7.67. The molecule has 5 nitrogen and oxygen atoms in total. The Balaban J connectivity index is 1.17. The van der Waals surface area contributed by atoms with Crippen molar-refractivity contribution in [2.75, 3.05) is 0 Å². The molecule has 0 aliphatic rings. The fraction of sp³-hybridized carbons (Fsp3) is 0. The minimum Gasteiger partial charge on any atom is -0.454 e. The molecule has 0 saturated carbocycles. The molecular weight excluding hydrogens is 603 g/mol. The molecule has 0 bridgehead atoms. The van der Waals surface area contributed by atoms with Gasteiger partial charge in [0.05, 0.1) is 11.0 Å². The summed E-state index contributed by atoms with van der Waals surface area (Å²) in [4.78, 5) is 10.2. The van der Waals surface area contributed by atoms with Crippen LogP contribution in [0, 0.1) is 0 Å². The first-order valence-corrected chi connectivity index (χ1v) is 16.4.